The molecule has 2 heterocycles. The summed E-state index contributed by atoms with van der Waals surface area (Å²) >= 11 is 0. The number of carbonyl (C=O) groups is 1. The number of carboxylic acids is 1. The van der Waals surface area contributed by atoms with E-state index in [9.17, 15) is 9.90 Å². The van der Waals surface area contributed by atoms with Crippen LogP contribution in [-0.2, 0) is 17.8 Å². The molecule has 0 saturated carbocycles. The van der Waals surface area contributed by atoms with Crippen LogP contribution in [0.4, 0.5) is 0 Å². The van der Waals surface area contributed by atoms with Crippen molar-refractivity contribution in [3.63, 3.8) is 0 Å². The highest BCUT2D eigenvalue weighted by Crippen LogP contribution is 2.35. The summed E-state index contributed by atoms with van der Waals surface area (Å²) in [5, 5.41) is 13.5. The molecule has 0 bridgehead atoms. The van der Waals surface area contributed by atoms with Crippen molar-refractivity contribution in [1.82, 2.24) is 15.0 Å². The number of ether oxygens (including phenoxy) is 2. The standard InChI is InChI=1S/C15H17N3O5/c1-3-13-16-12(17-23-13)7-18(2)14(15(19)20)9-4-5-10-11(6-9)22-8-21-10/h4-6,14H,3,7-8H2,1-2H3,(H,19,20). The molecule has 0 spiro atoms. The van der Waals surface area contributed by atoms with Gasteiger partial charge in [0, 0.05) is 6.42 Å². The van der Waals surface area contributed by atoms with Gasteiger partial charge in [0.25, 0.3) is 0 Å². The summed E-state index contributed by atoms with van der Waals surface area (Å²) in [6.07, 6.45) is 0.640. The van der Waals surface area contributed by atoms with E-state index in [0.717, 1.165) is 0 Å². The van der Waals surface area contributed by atoms with E-state index in [1.54, 1.807) is 30.1 Å². The van der Waals surface area contributed by atoms with Gasteiger partial charge in [0.15, 0.2) is 17.3 Å². The highest BCUT2D eigenvalue weighted by Gasteiger charge is 2.28. The second kappa shape index (κ2) is 6.25. The van der Waals surface area contributed by atoms with Crippen molar-refractivity contribution in [2.45, 2.75) is 25.9 Å². The Hall–Kier alpha value is -2.61. The normalized spacial score (nSPS) is 14.2. The van der Waals surface area contributed by atoms with Gasteiger partial charge in [0.1, 0.15) is 6.04 Å². The maximum atomic E-state index is 11.7. The lowest BCUT2D eigenvalue weighted by Gasteiger charge is -2.23. The molecule has 1 atom stereocenters. The highest BCUT2D eigenvalue weighted by atomic mass is 16.7. The van der Waals surface area contributed by atoms with E-state index in [0.29, 0.717) is 35.2 Å². The van der Waals surface area contributed by atoms with Crippen molar-refractivity contribution in [3.05, 3.63) is 35.5 Å². The van der Waals surface area contributed by atoms with E-state index in [4.69, 9.17) is 14.0 Å². The molecule has 0 saturated heterocycles. The van der Waals surface area contributed by atoms with Crippen molar-refractivity contribution < 1.29 is 23.9 Å². The minimum Gasteiger partial charge on any atom is -0.480 e. The third-order valence-electron chi connectivity index (χ3n) is 3.59. The van der Waals surface area contributed by atoms with Crippen molar-refractivity contribution in [2.75, 3.05) is 13.8 Å². The van der Waals surface area contributed by atoms with Gasteiger partial charge in [-0.2, -0.15) is 4.98 Å². The molecule has 23 heavy (non-hydrogen) atoms. The third kappa shape index (κ3) is 3.11. The van der Waals surface area contributed by atoms with E-state index < -0.39 is 12.0 Å². The summed E-state index contributed by atoms with van der Waals surface area (Å²) in [6.45, 7) is 2.32. The number of hydrogen-bond acceptors (Lipinski definition) is 7. The van der Waals surface area contributed by atoms with Crippen LogP contribution in [0.5, 0.6) is 11.5 Å². The molecule has 0 amide bonds. The molecule has 1 aliphatic rings. The number of aromatic nitrogens is 2. The zero-order valence-corrected chi connectivity index (χ0v) is 12.9. The van der Waals surface area contributed by atoms with Gasteiger partial charge in [-0.15, -0.1) is 0 Å². The van der Waals surface area contributed by atoms with E-state index in [-0.39, 0.29) is 13.3 Å². The molecule has 0 fully saturated rings. The van der Waals surface area contributed by atoms with Crippen LogP contribution in [0.25, 0.3) is 0 Å². The molecule has 8 nitrogen and oxygen atoms in total. The topological polar surface area (TPSA) is 97.9 Å². The predicted molar refractivity (Wildman–Crippen MR) is 78.1 cm³/mol. The van der Waals surface area contributed by atoms with E-state index in [1.165, 1.54) is 0 Å². The van der Waals surface area contributed by atoms with Gasteiger partial charge in [0.05, 0.1) is 6.54 Å². The Morgan fingerprint density at radius 3 is 2.87 bits per heavy atom. The summed E-state index contributed by atoms with van der Waals surface area (Å²) in [5.41, 5.74) is 0.600. The van der Waals surface area contributed by atoms with Crippen molar-refractivity contribution in [2.24, 2.45) is 0 Å². The van der Waals surface area contributed by atoms with Crippen LogP contribution in [0.3, 0.4) is 0 Å². The smallest absolute Gasteiger partial charge is 0.325 e. The average Bonchev–Trinajstić information content (AvgIpc) is 3.15. The van der Waals surface area contributed by atoms with Gasteiger partial charge in [0.2, 0.25) is 12.7 Å². The first-order valence-corrected chi connectivity index (χ1v) is 7.22. The van der Waals surface area contributed by atoms with Crippen LogP contribution in [0.2, 0.25) is 0 Å². The van der Waals surface area contributed by atoms with Gasteiger partial charge >= 0.3 is 5.97 Å². The van der Waals surface area contributed by atoms with Crippen LogP contribution in [0.15, 0.2) is 22.7 Å². The van der Waals surface area contributed by atoms with Crippen LogP contribution in [0, 0.1) is 0 Å². The van der Waals surface area contributed by atoms with Crippen LogP contribution < -0.4 is 9.47 Å². The maximum absolute atomic E-state index is 11.7. The van der Waals surface area contributed by atoms with Crippen LogP contribution in [-0.4, -0.2) is 40.0 Å². The largest absolute Gasteiger partial charge is 0.480 e. The zero-order chi connectivity index (χ0) is 16.4. The van der Waals surface area contributed by atoms with Crippen LogP contribution in [0.1, 0.15) is 30.2 Å². The van der Waals surface area contributed by atoms with Gasteiger partial charge in [-0.3, -0.25) is 9.69 Å². The summed E-state index contributed by atoms with van der Waals surface area (Å²) in [6, 6.07) is 4.26. The summed E-state index contributed by atoms with van der Waals surface area (Å²) in [5.74, 6) is 1.19. The number of fused-ring (bicyclic) bond motifs is 1. The second-order valence-corrected chi connectivity index (χ2v) is 5.23. The molecule has 8 heteroatoms. The quantitative estimate of drug-likeness (QED) is 0.857. The lowest BCUT2D eigenvalue weighted by Crippen LogP contribution is -2.30. The van der Waals surface area contributed by atoms with E-state index in [2.05, 4.69) is 10.1 Å². The van der Waals surface area contributed by atoms with Gasteiger partial charge in [-0.25, -0.2) is 0 Å². The molecule has 1 unspecified atom stereocenters. The van der Waals surface area contributed by atoms with Gasteiger partial charge < -0.3 is 19.1 Å². The first kappa shape index (κ1) is 15.3. The fourth-order valence-electron chi connectivity index (χ4n) is 2.48. The molecule has 0 aliphatic carbocycles. The Balaban J connectivity index is 1.81. The Kier molecular flexibility index (Phi) is 4.16. The van der Waals surface area contributed by atoms with Crippen molar-refractivity contribution in [3.8, 4) is 11.5 Å². The van der Waals surface area contributed by atoms with Gasteiger partial charge in [-0.1, -0.05) is 18.1 Å². The molecule has 3 rings (SSSR count). The highest BCUT2D eigenvalue weighted by molar-refractivity contribution is 5.76. The van der Waals surface area contributed by atoms with Crippen molar-refractivity contribution >= 4 is 5.97 Å². The van der Waals surface area contributed by atoms with Gasteiger partial charge in [-0.05, 0) is 24.7 Å². The van der Waals surface area contributed by atoms with E-state index in [1.807, 2.05) is 6.92 Å². The summed E-state index contributed by atoms with van der Waals surface area (Å²) < 4.78 is 15.6. The molecular formula is C15H17N3O5. The molecule has 1 aliphatic heterocycles. The Bertz CT molecular complexity index is 715. The zero-order valence-electron chi connectivity index (χ0n) is 12.9. The first-order valence-electron chi connectivity index (χ1n) is 7.22. The number of hydrogen-bond donors (Lipinski definition) is 1. The summed E-state index contributed by atoms with van der Waals surface area (Å²) in [4.78, 5) is 17.6. The molecular weight excluding hydrogens is 302 g/mol. The lowest BCUT2D eigenvalue weighted by molar-refractivity contribution is -0.143. The SMILES string of the molecule is CCc1nc(CN(C)C(C(=O)O)c2ccc3c(c2)OCO3)no1. The molecule has 1 N–H and O–H groups in total. The number of benzene rings is 1. The minimum absolute atomic E-state index is 0.148. The Labute approximate surface area is 132 Å². The number of aliphatic carboxylic acids is 1. The molecule has 1 aromatic carbocycles. The van der Waals surface area contributed by atoms with Crippen LogP contribution >= 0.6 is 0 Å². The monoisotopic (exact) mass is 319 g/mol. The first-order chi connectivity index (χ1) is 11.1. The predicted octanol–water partition coefficient (Wildman–Crippen LogP) is 1.62. The molecule has 0 radical (unpaired) electrons. The average molecular weight is 319 g/mol. The minimum atomic E-state index is -0.967. The number of nitrogens with zero attached hydrogens (tertiary/aromatic N) is 3. The number of carboxylic acid groups (broad SMARTS) is 1. The fraction of sp³-hybridized carbons (Fsp3) is 0.400. The second-order valence-electron chi connectivity index (χ2n) is 5.23. The number of rotatable bonds is 6. The Morgan fingerprint density at radius 1 is 1.39 bits per heavy atom. The maximum Gasteiger partial charge on any atom is 0.325 e. The number of aryl methyl sites for hydroxylation is 1. The molecule has 122 valence electrons. The number of likely N-dealkylation sites (N-methyl/N-ethyl adjacent to an activating group) is 1. The van der Waals surface area contributed by atoms with E-state index >= 15 is 0 Å². The fourth-order valence-corrected chi connectivity index (χ4v) is 2.48. The molecule has 2 aromatic rings. The van der Waals surface area contributed by atoms with Crippen molar-refractivity contribution in [1.29, 1.82) is 0 Å². The third-order valence-corrected chi connectivity index (χ3v) is 3.59. The summed E-state index contributed by atoms with van der Waals surface area (Å²) in [7, 11) is 1.70. The lowest BCUT2D eigenvalue weighted by atomic mass is 10.0. The Morgan fingerprint density at radius 2 is 2.17 bits per heavy atom. The molecule has 1 aromatic heterocycles.